The van der Waals surface area contributed by atoms with Crippen molar-refractivity contribution in [2.24, 2.45) is 0 Å². The first kappa shape index (κ1) is 20.2. The molecule has 5 aromatic rings. The third-order valence-corrected chi connectivity index (χ3v) is 8.63. The third kappa shape index (κ3) is 9.17. The normalized spacial score (nSPS) is 24.9. The second-order valence-corrected chi connectivity index (χ2v) is 12.1. The topological polar surface area (TPSA) is 54.8 Å². The maximum atomic E-state index is 15.5. The summed E-state index contributed by atoms with van der Waals surface area (Å²) in [5.74, 6) is -5.48. The van der Waals surface area contributed by atoms with Gasteiger partial charge in [-0.05, 0) is 66.6 Å². The Balaban J connectivity index is 1.66. The number of piperidine rings is 1. The number of likely N-dealkylation sites (tertiary alicyclic amines) is 1. The minimum Gasteiger partial charge on any atom is -0.383 e. The van der Waals surface area contributed by atoms with Gasteiger partial charge in [0.1, 0.15) is 6.54 Å². The van der Waals surface area contributed by atoms with E-state index in [-0.39, 0.29) is 16.7 Å². The Morgan fingerprint density at radius 1 is 1.06 bits per heavy atom. The van der Waals surface area contributed by atoms with Crippen LogP contribution in [0.2, 0.25) is 0 Å². The number of fused-ring (bicyclic) bond motifs is 1. The Kier molecular flexibility index (Phi) is 6.36. The van der Waals surface area contributed by atoms with Gasteiger partial charge in [0, 0.05) is 75.5 Å². The molecule has 1 amide bonds. The molecule has 0 bridgehead atoms. The van der Waals surface area contributed by atoms with Gasteiger partial charge in [0.15, 0.2) is 17.1 Å². The van der Waals surface area contributed by atoms with E-state index in [1.54, 1.807) is 0 Å². The number of rotatable bonds is 12. The first-order valence-electron chi connectivity index (χ1n) is 25.4. The molecule has 0 unspecified atom stereocenters. The first-order chi connectivity index (χ1) is 33.1. The molecule has 4 aromatic carbocycles. The molecule has 12 heteroatoms. The van der Waals surface area contributed by atoms with Crippen LogP contribution in [0.1, 0.15) is 62.4 Å². The average Bonchev–Trinajstić information content (AvgIpc) is 3.27. The van der Waals surface area contributed by atoms with Crippen molar-refractivity contribution in [3.05, 3.63) is 135 Å². The van der Waals surface area contributed by atoms with Crippen LogP contribution in [0, 0.1) is 18.6 Å². The number of hydrogen-bond donors (Lipinski definition) is 0. The lowest BCUT2D eigenvalue weighted by atomic mass is 10.00. The summed E-state index contributed by atoms with van der Waals surface area (Å²) in [4.78, 5) is 28.2. The number of nitrogens with zero attached hydrogens (tertiary/aromatic N) is 3. The van der Waals surface area contributed by atoms with Gasteiger partial charge < -0.3 is 19.1 Å². The fourth-order valence-electron chi connectivity index (χ4n) is 4.99. The Bertz CT molecular complexity index is 3020. The number of halogens is 5. The monoisotopic (exact) mass is 769 g/mol. The lowest BCUT2D eigenvalue weighted by Crippen LogP contribution is -2.48. The standard InChI is InChI=1S/C41H40F5N3O3S/c1-27-6-15-36-34(22-27)37(50)23-39(53-26-31-4-3-5-35(42)40(31)43)49(36)25-38(51)48(33-16-18-47(19-17-33)20-21-52-2)24-28-7-9-29(10-8-28)30-11-13-32(14-12-30)41(44,45)46/h3-15,22-23,33H,16-21,24-26H2,1-2H3/i2D3,6D,15D,16D2,17D2,18D2,19D2,20D2,22D,23D,24D2,33D. The van der Waals surface area contributed by atoms with E-state index < -0.39 is 166 Å². The molecule has 1 saturated heterocycles. The average molecular weight is 770 g/mol. The molecular formula is C41H40F5N3O3S. The number of amides is 1. The molecule has 1 aliphatic rings. The number of carbonyl (C=O) groups is 1. The SMILES string of the molecule is [2H]c1c(C)c([2H])c2c(=O)c([2H])c(SCc3cccc(F)c3F)n(CC(=O)N(C([2H])([2H])c3ccc(-c4ccc(C(F)(F)F)cc4)cc3)C3([2H])C([2H])([2H])C([2H])([2H])N(C([2H])([2H])COC([2H])([2H])[2H])C([2H])([2H])C3([2H])[2H])c2c1[2H]. The fraction of sp³-hybridized carbons (Fsp3) is 0.317. The van der Waals surface area contributed by atoms with Gasteiger partial charge in [-0.15, -0.1) is 11.8 Å². The number of alkyl halides is 3. The van der Waals surface area contributed by atoms with Gasteiger partial charge >= 0.3 is 6.18 Å². The van der Waals surface area contributed by atoms with Crippen LogP contribution in [0.5, 0.6) is 0 Å². The van der Waals surface area contributed by atoms with Gasteiger partial charge in [0.2, 0.25) is 5.91 Å². The molecule has 1 aromatic heterocycles. The molecule has 0 spiro atoms. The fourth-order valence-corrected chi connectivity index (χ4v) is 5.98. The highest BCUT2D eigenvalue weighted by molar-refractivity contribution is 7.98. The maximum absolute atomic E-state index is 15.5. The van der Waals surface area contributed by atoms with E-state index in [2.05, 4.69) is 4.74 Å². The minimum absolute atomic E-state index is 0.0784. The third-order valence-electron chi connectivity index (χ3n) is 7.58. The zero-order valence-corrected chi connectivity index (χ0v) is 28.2. The lowest BCUT2D eigenvalue weighted by molar-refractivity contribution is -0.137. The number of aromatic nitrogens is 1. The number of hydrogen-bond acceptors (Lipinski definition) is 5. The van der Waals surface area contributed by atoms with E-state index in [0.29, 0.717) is 16.3 Å². The van der Waals surface area contributed by atoms with Crippen molar-refractivity contribution in [3.63, 3.8) is 0 Å². The molecule has 0 saturated carbocycles. The largest absolute Gasteiger partial charge is 0.416 e. The highest BCUT2D eigenvalue weighted by atomic mass is 32.2. The van der Waals surface area contributed by atoms with Crippen LogP contribution in [0.3, 0.4) is 0 Å². The second-order valence-electron chi connectivity index (χ2n) is 11.2. The van der Waals surface area contributed by atoms with E-state index in [1.165, 1.54) is 0 Å². The van der Waals surface area contributed by atoms with Crippen LogP contribution >= 0.6 is 11.8 Å². The van der Waals surface area contributed by atoms with Gasteiger partial charge in [-0.25, -0.2) is 8.78 Å². The first-order valence-corrected chi connectivity index (χ1v) is 16.4. The maximum Gasteiger partial charge on any atom is 0.416 e. The van der Waals surface area contributed by atoms with Crippen molar-refractivity contribution < 1.29 is 58.9 Å². The summed E-state index contributed by atoms with van der Waals surface area (Å²) < 4.78 is 251. The predicted molar refractivity (Wildman–Crippen MR) is 198 cm³/mol. The summed E-state index contributed by atoms with van der Waals surface area (Å²) in [7, 11) is -3.45. The van der Waals surface area contributed by atoms with Crippen LogP contribution in [-0.2, 0) is 34.5 Å². The Morgan fingerprint density at radius 2 is 1.75 bits per heavy atom. The second kappa shape index (κ2) is 16.7. The van der Waals surface area contributed by atoms with Gasteiger partial charge in [-0.3, -0.25) is 9.59 Å². The van der Waals surface area contributed by atoms with Crippen molar-refractivity contribution in [2.75, 3.05) is 33.1 Å². The molecule has 6 nitrogen and oxygen atoms in total. The van der Waals surface area contributed by atoms with Crippen LogP contribution in [0.4, 0.5) is 22.0 Å². The lowest BCUT2D eigenvalue weighted by Gasteiger charge is -2.39. The van der Waals surface area contributed by atoms with Crippen LogP contribution < -0.4 is 5.43 Å². The predicted octanol–water partition coefficient (Wildman–Crippen LogP) is 8.71. The summed E-state index contributed by atoms with van der Waals surface area (Å²) in [5.41, 5.74) is -4.52. The molecule has 0 radical (unpaired) electrons. The molecule has 0 aliphatic carbocycles. The van der Waals surface area contributed by atoms with Crippen molar-refractivity contribution >= 4 is 28.6 Å². The number of methoxy groups -OCH3 is 1. The molecular weight excluding hydrogens is 710 g/mol. The smallest absolute Gasteiger partial charge is 0.383 e. The zero-order valence-electron chi connectivity index (χ0n) is 47.3. The van der Waals surface area contributed by atoms with Crippen LogP contribution in [0.25, 0.3) is 22.0 Å². The van der Waals surface area contributed by atoms with E-state index in [4.69, 9.17) is 17.8 Å². The molecule has 0 atom stereocenters. The zero-order chi connectivity index (χ0) is 55.4. The summed E-state index contributed by atoms with van der Waals surface area (Å²) in [6, 6.07) is 2.11. The van der Waals surface area contributed by atoms with Crippen LogP contribution in [-0.4, -0.2) is 59.4 Å². The number of benzene rings is 4. The Morgan fingerprint density at radius 3 is 2.43 bits per heavy atom. The van der Waals surface area contributed by atoms with Gasteiger partial charge in [-0.1, -0.05) is 60.1 Å². The van der Waals surface area contributed by atoms with Gasteiger partial charge in [-0.2, -0.15) is 13.2 Å². The summed E-state index contributed by atoms with van der Waals surface area (Å²) in [6.07, 6.45) is -13.9. The van der Waals surface area contributed by atoms with E-state index in [0.717, 1.165) is 73.7 Å². The van der Waals surface area contributed by atoms with E-state index in [9.17, 15) is 32.0 Å². The number of thioether (sulfide) groups is 1. The quantitative estimate of drug-likeness (QED) is 0.0940. The molecule has 1 aliphatic heterocycles. The number of carbonyl (C=O) groups excluding carboxylic acids is 1. The van der Waals surface area contributed by atoms with E-state index in [1.807, 2.05) is 0 Å². The number of pyridine rings is 1. The number of ether oxygens (including phenoxy) is 1. The van der Waals surface area contributed by atoms with Gasteiger partial charge in [0.05, 0.1) is 36.4 Å². The molecule has 6 rings (SSSR count). The summed E-state index contributed by atoms with van der Waals surface area (Å²) in [5, 5.41) is -1.56. The van der Waals surface area contributed by atoms with Crippen molar-refractivity contribution in [3.8, 4) is 11.1 Å². The highest BCUT2D eigenvalue weighted by Crippen LogP contribution is 2.32. The van der Waals surface area contributed by atoms with Crippen molar-refractivity contribution in [1.82, 2.24) is 14.4 Å². The molecule has 1 fully saturated rings. The minimum atomic E-state index is -4.73. The Labute approximate surface area is 337 Å². The molecule has 0 N–H and O–H groups in total. The molecule has 53 heavy (non-hydrogen) atoms. The van der Waals surface area contributed by atoms with Crippen LogP contribution in [0.15, 0.2) is 101 Å². The van der Waals surface area contributed by atoms with Crippen molar-refractivity contribution in [2.45, 2.75) is 55.7 Å². The Hall–Kier alpha value is -4.52. The highest BCUT2D eigenvalue weighted by Gasteiger charge is 2.31. The summed E-state index contributed by atoms with van der Waals surface area (Å²) in [6.45, 7) is -19.0. The molecule has 2 heterocycles. The van der Waals surface area contributed by atoms with Crippen molar-refractivity contribution in [1.29, 1.82) is 0 Å². The van der Waals surface area contributed by atoms with E-state index >= 15 is 9.18 Å². The molecule has 278 valence electrons. The summed E-state index contributed by atoms with van der Waals surface area (Å²) >= 11 is 0.326. The van der Waals surface area contributed by atoms with Gasteiger partial charge in [0.25, 0.3) is 0 Å².